The zero-order valence-electron chi connectivity index (χ0n) is 14.0. The minimum atomic E-state index is -0.826. The molecule has 0 aromatic heterocycles. The van der Waals surface area contributed by atoms with Crippen molar-refractivity contribution in [1.29, 1.82) is 0 Å². The summed E-state index contributed by atoms with van der Waals surface area (Å²) in [6.45, 7) is 9.07. The van der Waals surface area contributed by atoms with Crippen LogP contribution in [0, 0.1) is 6.07 Å². The summed E-state index contributed by atoms with van der Waals surface area (Å²) in [4.78, 5) is 2.51. The number of rotatable bonds is 3. The second-order valence-corrected chi connectivity index (χ2v) is 9.95. The van der Waals surface area contributed by atoms with Gasteiger partial charge in [-0.1, -0.05) is 41.1 Å². The van der Waals surface area contributed by atoms with Crippen LogP contribution >= 0.6 is 17.0 Å². The third-order valence-corrected chi connectivity index (χ3v) is 4.10. The Morgan fingerprint density at radius 2 is 1.65 bits per heavy atom. The Morgan fingerprint density at radius 3 is 2.26 bits per heavy atom. The standard InChI is InChI=1S/C19H22N.2ClH.Zr/c1-13(2)20(14(3)4)18-11-7-9-16-12-15-8-5-6-10-17(15)19(16)18;;;/h5-8,10-11,13-14H,12H2,1-4H3;2*1H;/q-1;;;+2/p-2. The van der Waals surface area contributed by atoms with E-state index in [1.807, 2.05) is 0 Å². The van der Waals surface area contributed by atoms with Crippen molar-refractivity contribution in [3.05, 3.63) is 53.6 Å². The molecule has 1 nitrogen and oxygen atoms in total. The van der Waals surface area contributed by atoms with Gasteiger partial charge in [0.05, 0.1) is 0 Å². The van der Waals surface area contributed by atoms with Crippen molar-refractivity contribution in [1.82, 2.24) is 0 Å². The zero-order chi connectivity index (χ0) is 17.0. The van der Waals surface area contributed by atoms with E-state index in [4.69, 9.17) is 17.0 Å². The van der Waals surface area contributed by atoms with Crippen molar-refractivity contribution >= 4 is 22.7 Å². The summed E-state index contributed by atoms with van der Waals surface area (Å²) in [5.41, 5.74) is 6.91. The number of hydrogen-bond acceptors (Lipinski definition) is 1. The minimum absolute atomic E-state index is 0.495. The normalized spacial score (nSPS) is 11.7. The molecule has 4 heteroatoms. The summed E-state index contributed by atoms with van der Waals surface area (Å²) in [7, 11) is 9.87. The topological polar surface area (TPSA) is 3.24 Å². The molecule has 0 spiro atoms. The van der Waals surface area contributed by atoms with Crippen LogP contribution in [-0.4, -0.2) is 12.1 Å². The summed E-state index contributed by atoms with van der Waals surface area (Å²) < 4.78 is 0. The van der Waals surface area contributed by atoms with Crippen molar-refractivity contribution in [2.75, 3.05) is 4.90 Å². The molecule has 0 fully saturated rings. The van der Waals surface area contributed by atoms with Crippen LogP contribution in [0.1, 0.15) is 38.8 Å². The van der Waals surface area contributed by atoms with Gasteiger partial charge in [-0.25, -0.2) is 0 Å². The van der Waals surface area contributed by atoms with Crippen LogP contribution in [0.2, 0.25) is 0 Å². The molecule has 0 saturated heterocycles. The average Bonchev–Trinajstić information content (AvgIpc) is 2.86. The number of nitrogens with zero attached hydrogens (tertiary/aromatic N) is 1. The van der Waals surface area contributed by atoms with Crippen molar-refractivity contribution in [3.63, 3.8) is 0 Å². The van der Waals surface area contributed by atoms with Crippen LogP contribution in [0.3, 0.4) is 0 Å². The molecule has 0 aliphatic heterocycles. The Morgan fingerprint density at radius 1 is 1.04 bits per heavy atom. The van der Waals surface area contributed by atoms with Gasteiger partial charge in [-0.2, -0.15) is 12.1 Å². The Labute approximate surface area is 158 Å². The Balaban J connectivity index is 0.000000595. The first-order valence-electron chi connectivity index (χ1n) is 7.87. The van der Waals surface area contributed by atoms with E-state index < -0.39 is 20.8 Å². The molecule has 0 saturated carbocycles. The third kappa shape index (κ3) is 4.22. The zero-order valence-corrected chi connectivity index (χ0v) is 18.0. The van der Waals surface area contributed by atoms with Gasteiger partial charge in [-0.3, -0.25) is 0 Å². The van der Waals surface area contributed by atoms with E-state index in [0.717, 1.165) is 6.42 Å². The molecular formula is C19H22Cl2NZr-. The molecular weight excluding hydrogens is 404 g/mol. The molecule has 122 valence electrons. The van der Waals surface area contributed by atoms with Crippen LogP contribution in [0.4, 0.5) is 5.69 Å². The number of halogens is 2. The molecule has 3 rings (SSSR count). The molecule has 0 bridgehead atoms. The van der Waals surface area contributed by atoms with Gasteiger partial charge in [0.2, 0.25) is 0 Å². The average molecular weight is 427 g/mol. The van der Waals surface area contributed by atoms with Crippen LogP contribution in [0.25, 0.3) is 11.1 Å². The van der Waals surface area contributed by atoms with Gasteiger partial charge < -0.3 is 4.90 Å². The molecule has 0 radical (unpaired) electrons. The molecule has 0 N–H and O–H groups in total. The van der Waals surface area contributed by atoms with E-state index in [0.29, 0.717) is 12.1 Å². The number of benzene rings is 2. The van der Waals surface area contributed by atoms with Gasteiger partial charge in [-0.15, -0.1) is 17.2 Å². The van der Waals surface area contributed by atoms with E-state index in [1.54, 1.807) is 0 Å². The monoisotopic (exact) mass is 424 g/mol. The molecule has 2 aromatic rings. The molecule has 0 heterocycles. The Hall–Kier alpha value is -0.297. The fourth-order valence-corrected chi connectivity index (χ4v) is 3.45. The van der Waals surface area contributed by atoms with E-state index in [2.05, 4.69) is 75.1 Å². The van der Waals surface area contributed by atoms with Gasteiger partial charge >= 0.3 is 37.9 Å². The Kier molecular flexibility index (Phi) is 7.20. The second kappa shape index (κ2) is 8.70. The first-order chi connectivity index (χ1) is 11.0. The van der Waals surface area contributed by atoms with Gasteiger partial charge in [0.1, 0.15) is 0 Å². The van der Waals surface area contributed by atoms with Gasteiger partial charge in [0, 0.05) is 12.1 Å². The van der Waals surface area contributed by atoms with Crippen molar-refractivity contribution in [2.45, 2.75) is 46.2 Å². The summed E-state index contributed by atoms with van der Waals surface area (Å²) in [5.74, 6) is 0. The van der Waals surface area contributed by atoms with E-state index in [1.165, 1.54) is 27.9 Å². The molecule has 0 amide bonds. The first-order valence-corrected chi connectivity index (χ1v) is 14.2. The fourth-order valence-electron chi connectivity index (χ4n) is 3.45. The van der Waals surface area contributed by atoms with Crippen molar-refractivity contribution in [3.8, 4) is 11.1 Å². The van der Waals surface area contributed by atoms with E-state index >= 15 is 0 Å². The molecule has 2 aromatic carbocycles. The quantitative estimate of drug-likeness (QED) is 0.460. The van der Waals surface area contributed by atoms with Crippen molar-refractivity contribution in [2.24, 2.45) is 0 Å². The third-order valence-electron chi connectivity index (χ3n) is 4.10. The van der Waals surface area contributed by atoms with Crippen LogP contribution in [0.5, 0.6) is 0 Å². The van der Waals surface area contributed by atoms with Crippen LogP contribution in [-0.2, 0) is 27.3 Å². The van der Waals surface area contributed by atoms with Crippen molar-refractivity contribution < 1.29 is 20.8 Å². The van der Waals surface area contributed by atoms with Gasteiger partial charge in [0.15, 0.2) is 0 Å². The van der Waals surface area contributed by atoms with E-state index in [-0.39, 0.29) is 0 Å². The fraction of sp³-hybridized carbons (Fsp3) is 0.368. The SMILES string of the molecule is CC(C)N(c1cc[c-]c2c1-c1ccccc1C2)C(C)C.[Cl][Zr][Cl]. The molecule has 1 aliphatic rings. The Bertz CT molecular complexity index is 648. The summed E-state index contributed by atoms with van der Waals surface area (Å²) in [6.07, 6.45) is 1.02. The first kappa shape index (κ1) is 19.0. The second-order valence-electron chi connectivity index (χ2n) is 6.22. The summed E-state index contributed by atoms with van der Waals surface area (Å²) in [6, 6.07) is 17.5. The number of fused-ring (bicyclic) bond motifs is 3. The van der Waals surface area contributed by atoms with Gasteiger partial charge in [-0.05, 0) is 34.1 Å². The van der Waals surface area contributed by atoms with Crippen LogP contribution in [0.15, 0.2) is 36.4 Å². The predicted octanol–water partition coefficient (Wildman–Crippen LogP) is 6.06. The molecule has 0 unspecified atom stereocenters. The molecule has 0 atom stereocenters. The van der Waals surface area contributed by atoms with Gasteiger partial charge in [0.25, 0.3) is 0 Å². The molecule has 1 aliphatic carbocycles. The number of hydrogen-bond donors (Lipinski definition) is 0. The predicted molar refractivity (Wildman–Crippen MR) is 98.0 cm³/mol. The summed E-state index contributed by atoms with van der Waals surface area (Å²) in [5, 5.41) is 0. The van der Waals surface area contributed by atoms with E-state index in [9.17, 15) is 0 Å². The number of anilines is 1. The van der Waals surface area contributed by atoms with Crippen LogP contribution < -0.4 is 4.90 Å². The maximum absolute atomic E-state index is 4.93. The molecule has 23 heavy (non-hydrogen) atoms. The maximum atomic E-state index is 4.93. The summed E-state index contributed by atoms with van der Waals surface area (Å²) >= 11 is -0.826.